The normalized spacial score (nSPS) is 23.5. The van der Waals surface area contributed by atoms with Gasteiger partial charge in [-0.05, 0) is 23.1 Å². The lowest BCUT2D eigenvalue weighted by Gasteiger charge is -2.31. The van der Waals surface area contributed by atoms with Gasteiger partial charge in [-0.1, -0.05) is 83.0 Å². The molecule has 0 heterocycles. The number of nitrogen functional groups attached to an aromatic ring is 2. The average molecular weight is 445 g/mol. The fourth-order valence-corrected chi connectivity index (χ4v) is 2.79. The predicted octanol–water partition coefficient (Wildman–Crippen LogP) is 3.76. The van der Waals surface area contributed by atoms with Gasteiger partial charge in [0, 0.05) is 0 Å². The van der Waals surface area contributed by atoms with Crippen molar-refractivity contribution in [3.63, 3.8) is 0 Å². The van der Waals surface area contributed by atoms with Crippen molar-refractivity contribution in [2.75, 3.05) is 11.5 Å². The van der Waals surface area contributed by atoms with E-state index in [9.17, 15) is 4.79 Å². The molecule has 23 heavy (non-hydrogen) atoms. The molecule has 0 spiro atoms. The fourth-order valence-electron chi connectivity index (χ4n) is 1.87. The molecule has 0 fully saturated rings. The summed E-state index contributed by atoms with van der Waals surface area (Å²) >= 11 is 6.84. The lowest BCUT2D eigenvalue weighted by Crippen LogP contribution is -2.44. The summed E-state index contributed by atoms with van der Waals surface area (Å²) in [5.74, 6) is -0.384. The number of amides is 1. The van der Waals surface area contributed by atoms with Gasteiger partial charge >= 0.3 is 0 Å². The van der Waals surface area contributed by atoms with Crippen LogP contribution in [0.1, 0.15) is 20.8 Å². The number of hydrogen-bond donors (Lipinski definition) is 3. The number of anilines is 2. The third kappa shape index (κ3) is 5.11. The van der Waals surface area contributed by atoms with Crippen LogP contribution in [0.25, 0.3) is 0 Å². The molecule has 2 atom stereocenters. The van der Waals surface area contributed by atoms with Crippen LogP contribution in [0.5, 0.6) is 0 Å². The summed E-state index contributed by atoms with van der Waals surface area (Å²) in [6, 6.07) is 7.25. The number of benzene rings is 1. The Morgan fingerprint density at radius 2 is 1.65 bits per heavy atom. The number of para-hydroxylation sites is 2. The zero-order valence-electron chi connectivity index (χ0n) is 13.5. The number of rotatable bonds is 1. The topological polar surface area (TPSA) is 95.1 Å². The van der Waals surface area contributed by atoms with Crippen LogP contribution in [0.15, 0.2) is 48.1 Å². The number of carbonyl (C=O) groups excluding carboxylic acids is 1. The lowest BCUT2D eigenvalue weighted by molar-refractivity contribution is -0.118. The molecule has 0 radical (unpaired) electrons. The molecule has 1 aromatic rings. The van der Waals surface area contributed by atoms with E-state index in [2.05, 4.69) is 52.6 Å². The molecule has 0 bridgehead atoms. The molecule has 6 N–H and O–H groups in total. The molecule has 1 aliphatic rings. The third-order valence-corrected chi connectivity index (χ3v) is 6.22. The van der Waals surface area contributed by atoms with Crippen molar-refractivity contribution >= 4 is 49.1 Å². The van der Waals surface area contributed by atoms with Crippen molar-refractivity contribution in [1.29, 1.82) is 0 Å². The number of allylic oxidation sites excluding steroid dienone is 3. The Hall–Kier alpha value is -1.27. The Balaban J connectivity index is 0.000000277. The third-order valence-electron chi connectivity index (χ3n) is 3.47. The van der Waals surface area contributed by atoms with Crippen LogP contribution < -0.4 is 17.2 Å². The van der Waals surface area contributed by atoms with E-state index < -0.39 is 4.32 Å². The molecular weight excluding hydrogens is 422 g/mol. The molecule has 2 rings (SSSR count). The molecule has 2 unspecified atom stereocenters. The first kappa shape index (κ1) is 19.8. The average Bonchev–Trinajstić information content (AvgIpc) is 2.44. The minimum Gasteiger partial charge on any atom is -0.397 e. The largest absolute Gasteiger partial charge is 0.397 e. The number of alkyl halides is 2. The Morgan fingerprint density at radius 1 is 1.17 bits per heavy atom. The minimum atomic E-state index is -0.804. The van der Waals surface area contributed by atoms with Gasteiger partial charge in [0.15, 0.2) is 0 Å². The van der Waals surface area contributed by atoms with Crippen LogP contribution in [0.4, 0.5) is 11.4 Å². The monoisotopic (exact) mass is 443 g/mol. The van der Waals surface area contributed by atoms with Crippen molar-refractivity contribution in [2.24, 2.45) is 11.1 Å². The standard InChI is InChI=1S/C11H15Br2NO.C6H8N2/c1-10(2,3)7-4-5-11(13,9(14)15)8(12)6-7;7-5-3-1-2-4-6(5)8/h4-6,8H,1-3H3,(H2,14,15);1-4H,7-8H2. The molecule has 0 saturated heterocycles. The number of carbonyl (C=O) groups is 1. The Bertz CT molecular complexity index is 614. The molecule has 1 amide bonds. The zero-order chi connectivity index (χ0) is 17.8. The van der Waals surface area contributed by atoms with Gasteiger partial charge in [0.2, 0.25) is 5.91 Å². The molecule has 1 aromatic carbocycles. The highest BCUT2D eigenvalue weighted by molar-refractivity contribution is 9.13. The number of hydrogen-bond acceptors (Lipinski definition) is 3. The maximum Gasteiger partial charge on any atom is 0.239 e. The zero-order valence-corrected chi connectivity index (χ0v) is 16.7. The second-order valence-corrected chi connectivity index (χ2v) is 8.67. The smallest absolute Gasteiger partial charge is 0.239 e. The van der Waals surface area contributed by atoms with Gasteiger partial charge < -0.3 is 17.2 Å². The number of primary amides is 1. The van der Waals surface area contributed by atoms with E-state index in [1.54, 1.807) is 12.1 Å². The summed E-state index contributed by atoms with van der Waals surface area (Å²) in [5.41, 5.74) is 18.7. The van der Waals surface area contributed by atoms with E-state index >= 15 is 0 Å². The van der Waals surface area contributed by atoms with Gasteiger partial charge in [0.25, 0.3) is 0 Å². The highest BCUT2D eigenvalue weighted by Gasteiger charge is 2.40. The summed E-state index contributed by atoms with van der Waals surface area (Å²) in [5, 5.41) is 0. The lowest BCUT2D eigenvalue weighted by atomic mass is 9.81. The first-order valence-electron chi connectivity index (χ1n) is 7.13. The van der Waals surface area contributed by atoms with Crippen molar-refractivity contribution in [1.82, 2.24) is 0 Å². The Kier molecular flexibility index (Phi) is 6.48. The summed E-state index contributed by atoms with van der Waals surface area (Å²) in [6.45, 7) is 6.40. The second kappa shape index (κ2) is 7.53. The van der Waals surface area contributed by atoms with Crippen molar-refractivity contribution in [2.45, 2.75) is 29.9 Å². The van der Waals surface area contributed by atoms with Gasteiger partial charge in [-0.15, -0.1) is 0 Å². The highest BCUT2D eigenvalue weighted by atomic mass is 79.9. The van der Waals surface area contributed by atoms with E-state index in [1.165, 1.54) is 5.57 Å². The molecular formula is C17H23Br2N3O. The minimum absolute atomic E-state index is 0.0779. The second-order valence-electron chi connectivity index (χ2n) is 6.37. The van der Waals surface area contributed by atoms with Gasteiger partial charge in [0.1, 0.15) is 4.32 Å². The summed E-state index contributed by atoms with van der Waals surface area (Å²) < 4.78 is -0.804. The van der Waals surface area contributed by atoms with Crippen LogP contribution in [-0.4, -0.2) is 15.1 Å². The van der Waals surface area contributed by atoms with E-state index in [4.69, 9.17) is 17.2 Å². The molecule has 0 aromatic heterocycles. The number of halogens is 2. The molecule has 0 saturated carbocycles. The van der Waals surface area contributed by atoms with Crippen LogP contribution in [0.2, 0.25) is 0 Å². The van der Waals surface area contributed by atoms with E-state index in [1.807, 2.05) is 30.4 Å². The first-order chi connectivity index (χ1) is 10.5. The quantitative estimate of drug-likeness (QED) is 0.454. The first-order valence-corrected chi connectivity index (χ1v) is 8.83. The SMILES string of the molecule is CC(C)(C)C1=CC(Br)C(Br)(C(N)=O)C=C1.Nc1ccccc1N. The van der Waals surface area contributed by atoms with E-state index in [0.717, 1.165) is 0 Å². The van der Waals surface area contributed by atoms with E-state index in [0.29, 0.717) is 11.4 Å². The van der Waals surface area contributed by atoms with Crippen LogP contribution >= 0.6 is 31.9 Å². The summed E-state index contributed by atoms with van der Waals surface area (Å²) in [4.78, 5) is 11.2. The maximum absolute atomic E-state index is 11.3. The van der Waals surface area contributed by atoms with Crippen molar-refractivity contribution < 1.29 is 4.79 Å². The highest BCUT2D eigenvalue weighted by Crippen LogP contribution is 2.39. The van der Waals surface area contributed by atoms with Crippen molar-refractivity contribution in [3.8, 4) is 0 Å². The Labute approximate surface area is 154 Å². The van der Waals surface area contributed by atoms with E-state index in [-0.39, 0.29) is 16.1 Å². The summed E-state index contributed by atoms with van der Waals surface area (Å²) in [6.07, 6.45) is 5.80. The van der Waals surface area contributed by atoms with Crippen LogP contribution in [0, 0.1) is 5.41 Å². The van der Waals surface area contributed by atoms with Gasteiger partial charge in [-0.3, -0.25) is 4.79 Å². The maximum atomic E-state index is 11.3. The Morgan fingerprint density at radius 3 is 1.96 bits per heavy atom. The van der Waals surface area contributed by atoms with Gasteiger partial charge in [-0.2, -0.15) is 0 Å². The van der Waals surface area contributed by atoms with Crippen molar-refractivity contribution in [3.05, 3.63) is 48.1 Å². The van der Waals surface area contributed by atoms with Crippen LogP contribution in [-0.2, 0) is 4.79 Å². The van der Waals surface area contributed by atoms with Gasteiger partial charge in [0.05, 0.1) is 16.2 Å². The molecule has 126 valence electrons. The number of nitrogens with two attached hydrogens (primary N) is 3. The van der Waals surface area contributed by atoms with Gasteiger partial charge in [-0.25, -0.2) is 0 Å². The predicted molar refractivity (Wildman–Crippen MR) is 106 cm³/mol. The summed E-state index contributed by atoms with van der Waals surface area (Å²) in [7, 11) is 0. The molecule has 6 heteroatoms. The molecule has 1 aliphatic carbocycles. The molecule has 0 aliphatic heterocycles. The fraction of sp³-hybridized carbons (Fsp3) is 0.353. The van der Waals surface area contributed by atoms with Crippen LogP contribution in [0.3, 0.4) is 0 Å². The molecule has 4 nitrogen and oxygen atoms in total.